The first-order valence-electron chi connectivity index (χ1n) is 3.47. The molecule has 1 atom stereocenters. The molecule has 1 aliphatic heterocycles. The molecule has 1 heterocycles. The Morgan fingerprint density at radius 2 is 2.22 bits per heavy atom. The van der Waals surface area contributed by atoms with E-state index in [1.165, 1.54) is 0 Å². The zero-order valence-corrected chi connectivity index (χ0v) is 6.05. The smallest absolute Gasteiger partial charge is 0.0612 e. The van der Waals surface area contributed by atoms with Crippen LogP contribution in [0.4, 0.5) is 0 Å². The minimum Gasteiger partial charge on any atom is -0.393 e. The molecule has 1 N–H and O–H groups in total. The second-order valence-electron chi connectivity index (χ2n) is 2.88. The fourth-order valence-electron chi connectivity index (χ4n) is 1.10. The van der Waals surface area contributed by atoms with Crippen molar-refractivity contribution in [3.8, 4) is 0 Å². The average Bonchev–Trinajstić information content (AvgIpc) is 1.62. The molecule has 0 aliphatic carbocycles. The number of aliphatic hydroxyl groups is 1. The largest absolute Gasteiger partial charge is 0.393 e. The maximum atomic E-state index is 9.24. The minimum absolute atomic E-state index is 0.0972. The highest BCUT2D eigenvalue weighted by Crippen LogP contribution is 2.34. The lowest BCUT2D eigenvalue weighted by Crippen LogP contribution is -2.49. The van der Waals surface area contributed by atoms with Crippen molar-refractivity contribution < 1.29 is 9.84 Å². The molecule has 2 nitrogen and oxygen atoms in total. The van der Waals surface area contributed by atoms with Crippen LogP contribution in [0, 0.1) is 5.41 Å². The summed E-state index contributed by atoms with van der Waals surface area (Å²) < 4.78 is 5.03. The van der Waals surface area contributed by atoms with Gasteiger partial charge in [0, 0.05) is 5.41 Å². The first kappa shape index (κ1) is 7.03. The van der Waals surface area contributed by atoms with Crippen LogP contribution in [0.15, 0.2) is 0 Å². The second-order valence-corrected chi connectivity index (χ2v) is 2.88. The van der Waals surface area contributed by atoms with Crippen LogP contribution < -0.4 is 0 Å². The fraction of sp³-hybridized carbons (Fsp3) is 1.00. The summed E-state index contributed by atoms with van der Waals surface area (Å²) in [4.78, 5) is 0. The molecule has 1 rings (SSSR count). The Bertz CT molecular complexity index is 89.6. The van der Waals surface area contributed by atoms with Gasteiger partial charge < -0.3 is 9.84 Å². The summed E-state index contributed by atoms with van der Waals surface area (Å²) >= 11 is 0. The molecular formula is C7H14O2. The Labute approximate surface area is 55.8 Å². The zero-order valence-electron chi connectivity index (χ0n) is 6.05. The van der Waals surface area contributed by atoms with E-state index >= 15 is 0 Å². The van der Waals surface area contributed by atoms with Crippen LogP contribution in [0.2, 0.25) is 0 Å². The Morgan fingerprint density at radius 1 is 1.67 bits per heavy atom. The van der Waals surface area contributed by atoms with Gasteiger partial charge in [0.2, 0.25) is 0 Å². The van der Waals surface area contributed by atoms with Crippen molar-refractivity contribution in [3.63, 3.8) is 0 Å². The Kier molecular flexibility index (Phi) is 1.78. The molecule has 0 aromatic heterocycles. The number of hydrogen-bond donors (Lipinski definition) is 1. The molecule has 9 heavy (non-hydrogen) atoms. The van der Waals surface area contributed by atoms with Crippen molar-refractivity contribution in [2.45, 2.75) is 26.4 Å². The quantitative estimate of drug-likeness (QED) is 0.599. The third kappa shape index (κ3) is 0.970. The van der Waals surface area contributed by atoms with E-state index < -0.39 is 0 Å². The number of ether oxygens (including phenoxy) is 1. The van der Waals surface area contributed by atoms with Gasteiger partial charge in [0.05, 0.1) is 19.3 Å². The maximum absolute atomic E-state index is 9.24. The van der Waals surface area contributed by atoms with Crippen LogP contribution in [-0.2, 0) is 4.74 Å². The van der Waals surface area contributed by atoms with Gasteiger partial charge in [0.1, 0.15) is 0 Å². The van der Waals surface area contributed by atoms with E-state index in [1.54, 1.807) is 0 Å². The summed E-state index contributed by atoms with van der Waals surface area (Å²) in [5.41, 5.74) is 0.0972. The summed E-state index contributed by atoms with van der Waals surface area (Å²) in [6, 6.07) is 0. The molecule has 0 aromatic carbocycles. The number of hydrogen-bond acceptors (Lipinski definition) is 2. The lowest BCUT2D eigenvalue weighted by molar-refractivity contribution is -0.168. The van der Waals surface area contributed by atoms with Gasteiger partial charge in [-0.25, -0.2) is 0 Å². The molecule has 1 saturated heterocycles. The molecular weight excluding hydrogens is 116 g/mol. The second kappa shape index (κ2) is 2.27. The van der Waals surface area contributed by atoms with E-state index in [4.69, 9.17) is 4.74 Å². The minimum atomic E-state index is -0.212. The van der Waals surface area contributed by atoms with E-state index in [0.29, 0.717) is 0 Å². The fourth-order valence-corrected chi connectivity index (χ4v) is 1.10. The summed E-state index contributed by atoms with van der Waals surface area (Å²) in [5.74, 6) is 0. The highest BCUT2D eigenvalue weighted by Gasteiger charge is 2.40. The monoisotopic (exact) mass is 130 g/mol. The molecule has 1 aliphatic rings. The predicted octanol–water partition coefficient (Wildman–Crippen LogP) is 0.794. The topological polar surface area (TPSA) is 29.5 Å². The molecule has 0 radical (unpaired) electrons. The molecule has 0 saturated carbocycles. The van der Waals surface area contributed by atoms with Gasteiger partial charge >= 0.3 is 0 Å². The van der Waals surface area contributed by atoms with Gasteiger partial charge in [-0.2, -0.15) is 0 Å². The van der Waals surface area contributed by atoms with E-state index in [1.807, 2.05) is 6.92 Å². The Morgan fingerprint density at radius 3 is 2.22 bits per heavy atom. The zero-order chi connectivity index (χ0) is 6.91. The summed E-state index contributed by atoms with van der Waals surface area (Å²) in [7, 11) is 0. The van der Waals surface area contributed by atoms with Gasteiger partial charge in [0.15, 0.2) is 0 Å². The van der Waals surface area contributed by atoms with Gasteiger partial charge in [-0.15, -0.1) is 0 Å². The van der Waals surface area contributed by atoms with Crippen molar-refractivity contribution >= 4 is 0 Å². The number of aliphatic hydroxyl groups excluding tert-OH is 1. The van der Waals surface area contributed by atoms with Crippen LogP contribution >= 0.6 is 0 Å². The Balaban J connectivity index is 2.46. The van der Waals surface area contributed by atoms with E-state index in [-0.39, 0.29) is 11.5 Å². The summed E-state index contributed by atoms with van der Waals surface area (Å²) in [6.07, 6.45) is 0.807. The molecule has 0 amide bonds. The normalized spacial score (nSPS) is 27.0. The third-order valence-corrected chi connectivity index (χ3v) is 2.37. The molecule has 0 aromatic rings. The third-order valence-electron chi connectivity index (χ3n) is 2.37. The average molecular weight is 130 g/mol. The van der Waals surface area contributed by atoms with Crippen LogP contribution in [0.3, 0.4) is 0 Å². The number of rotatable bonds is 2. The van der Waals surface area contributed by atoms with Gasteiger partial charge in [-0.3, -0.25) is 0 Å². The van der Waals surface area contributed by atoms with Crippen molar-refractivity contribution in [1.82, 2.24) is 0 Å². The highest BCUT2D eigenvalue weighted by molar-refractivity contribution is 4.88. The van der Waals surface area contributed by atoms with E-state index in [9.17, 15) is 5.11 Å². The molecule has 0 spiro atoms. The molecule has 0 bridgehead atoms. The lowest BCUT2D eigenvalue weighted by Gasteiger charge is -2.43. The first-order valence-corrected chi connectivity index (χ1v) is 3.47. The van der Waals surface area contributed by atoms with Crippen molar-refractivity contribution in [2.75, 3.05) is 13.2 Å². The highest BCUT2D eigenvalue weighted by atomic mass is 16.5. The van der Waals surface area contributed by atoms with Crippen molar-refractivity contribution in [2.24, 2.45) is 5.41 Å². The summed E-state index contributed by atoms with van der Waals surface area (Å²) in [5, 5.41) is 9.24. The van der Waals surface area contributed by atoms with Crippen LogP contribution in [0.1, 0.15) is 20.3 Å². The molecule has 54 valence electrons. The lowest BCUT2D eigenvalue weighted by atomic mass is 9.78. The van der Waals surface area contributed by atoms with Crippen molar-refractivity contribution in [1.29, 1.82) is 0 Å². The molecule has 0 unspecified atom stereocenters. The maximum Gasteiger partial charge on any atom is 0.0612 e. The van der Waals surface area contributed by atoms with Crippen LogP contribution in [0.25, 0.3) is 0 Å². The van der Waals surface area contributed by atoms with Crippen molar-refractivity contribution in [3.05, 3.63) is 0 Å². The van der Waals surface area contributed by atoms with Gasteiger partial charge in [-0.1, -0.05) is 6.92 Å². The van der Waals surface area contributed by atoms with Gasteiger partial charge in [-0.05, 0) is 13.3 Å². The van der Waals surface area contributed by atoms with E-state index in [0.717, 1.165) is 19.6 Å². The Hall–Kier alpha value is -0.0800. The van der Waals surface area contributed by atoms with Crippen LogP contribution in [0.5, 0.6) is 0 Å². The van der Waals surface area contributed by atoms with E-state index in [2.05, 4.69) is 6.92 Å². The summed E-state index contributed by atoms with van der Waals surface area (Å²) in [6.45, 7) is 5.41. The SMILES string of the molecule is CCC1([C@@H](C)O)COC1. The molecule has 1 fully saturated rings. The molecule has 2 heteroatoms. The first-order chi connectivity index (χ1) is 4.21. The predicted molar refractivity (Wildman–Crippen MR) is 35.2 cm³/mol. The van der Waals surface area contributed by atoms with Crippen LogP contribution in [-0.4, -0.2) is 24.4 Å². The van der Waals surface area contributed by atoms with Gasteiger partial charge in [0.25, 0.3) is 0 Å². The standard InChI is InChI=1S/C7H14O2/c1-3-7(6(2)8)4-9-5-7/h6,8H,3-5H2,1-2H3/t6-/m1/s1.